The van der Waals surface area contributed by atoms with Crippen LogP contribution in [0.1, 0.15) is 27.6 Å². The first-order valence-electron chi connectivity index (χ1n) is 7.65. The molecule has 3 aromatic rings. The van der Waals surface area contributed by atoms with Crippen molar-refractivity contribution in [1.82, 2.24) is 19.9 Å². The number of aromatic nitrogens is 3. The van der Waals surface area contributed by atoms with Crippen LogP contribution in [0.2, 0.25) is 5.02 Å². The highest BCUT2D eigenvalue weighted by molar-refractivity contribution is 6.34. The maximum atomic E-state index is 12.4. The maximum Gasteiger partial charge on any atom is 0.257 e. The third-order valence-corrected chi connectivity index (χ3v) is 3.94. The van der Waals surface area contributed by atoms with Crippen molar-refractivity contribution in [2.45, 2.75) is 6.92 Å². The molecule has 0 atom stereocenters. The quantitative estimate of drug-likeness (QED) is 0.751. The van der Waals surface area contributed by atoms with E-state index in [0.29, 0.717) is 34.5 Å². The van der Waals surface area contributed by atoms with E-state index in [4.69, 9.17) is 11.6 Å². The van der Waals surface area contributed by atoms with Gasteiger partial charge in [-0.05, 0) is 31.2 Å². The first-order chi connectivity index (χ1) is 12.0. The van der Waals surface area contributed by atoms with Gasteiger partial charge in [0.1, 0.15) is 5.52 Å². The zero-order valence-electron chi connectivity index (χ0n) is 13.7. The number of carbonyl (C=O) groups is 2. The van der Waals surface area contributed by atoms with E-state index >= 15 is 0 Å². The second kappa shape index (κ2) is 6.90. The summed E-state index contributed by atoms with van der Waals surface area (Å²) in [4.78, 5) is 32.7. The lowest BCUT2D eigenvalue weighted by atomic mass is 10.1. The molecule has 0 spiro atoms. The monoisotopic (exact) mass is 357 g/mol. The Hall–Kier alpha value is -2.93. The van der Waals surface area contributed by atoms with Crippen molar-refractivity contribution < 1.29 is 9.59 Å². The Kier molecular flexibility index (Phi) is 4.67. The molecule has 0 bridgehead atoms. The van der Waals surface area contributed by atoms with Gasteiger partial charge in [-0.1, -0.05) is 11.6 Å². The number of hydrogen-bond donors (Lipinski definition) is 2. The number of nitrogens with one attached hydrogen (secondary N) is 2. The van der Waals surface area contributed by atoms with E-state index in [2.05, 4.69) is 20.6 Å². The van der Waals surface area contributed by atoms with Crippen molar-refractivity contribution >= 4 is 40.3 Å². The van der Waals surface area contributed by atoms with Crippen molar-refractivity contribution in [2.24, 2.45) is 7.05 Å². The van der Waals surface area contributed by atoms with Crippen molar-refractivity contribution in [2.75, 3.05) is 11.9 Å². The van der Waals surface area contributed by atoms with E-state index < -0.39 is 0 Å². The van der Waals surface area contributed by atoms with Crippen LogP contribution in [0.4, 0.5) is 5.69 Å². The highest BCUT2D eigenvalue weighted by atomic mass is 35.5. The second-order valence-electron chi connectivity index (χ2n) is 5.43. The number of nitrogens with zero attached hydrogens (tertiary/aromatic N) is 3. The molecule has 0 radical (unpaired) electrons. The zero-order valence-corrected chi connectivity index (χ0v) is 14.5. The van der Waals surface area contributed by atoms with Gasteiger partial charge in [-0.25, -0.2) is 9.97 Å². The fourth-order valence-corrected chi connectivity index (χ4v) is 2.64. The van der Waals surface area contributed by atoms with Gasteiger partial charge in [0.05, 0.1) is 22.5 Å². The van der Waals surface area contributed by atoms with Crippen LogP contribution in [0, 0.1) is 0 Å². The molecule has 128 valence electrons. The number of anilines is 1. The van der Waals surface area contributed by atoms with Gasteiger partial charge in [0.2, 0.25) is 0 Å². The Morgan fingerprint density at radius 3 is 2.72 bits per heavy atom. The van der Waals surface area contributed by atoms with E-state index in [1.54, 1.807) is 29.1 Å². The predicted octanol–water partition coefficient (Wildman–Crippen LogP) is 2.62. The number of fused-ring (bicyclic) bond motifs is 1. The lowest BCUT2D eigenvalue weighted by Crippen LogP contribution is -2.23. The molecule has 0 fully saturated rings. The van der Waals surface area contributed by atoms with Gasteiger partial charge in [-0.2, -0.15) is 0 Å². The first kappa shape index (κ1) is 16.9. The Balaban J connectivity index is 1.79. The number of aryl methyl sites for hydroxylation is 1. The van der Waals surface area contributed by atoms with E-state index in [1.165, 1.54) is 12.3 Å². The number of carbonyl (C=O) groups excluding carboxylic acids is 2. The second-order valence-corrected chi connectivity index (χ2v) is 5.84. The van der Waals surface area contributed by atoms with Crippen molar-refractivity contribution in [1.29, 1.82) is 0 Å². The lowest BCUT2D eigenvalue weighted by molar-refractivity contribution is 0.0955. The molecule has 2 amide bonds. The van der Waals surface area contributed by atoms with E-state index in [0.717, 1.165) is 0 Å². The molecular weight excluding hydrogens is 342 g/mol. The maximum absolute atomic E-state index is 12.4. The van der Waals surface area contributed by atoms with Crippen LogP contribution < -0.4 is 10.6 Å². The Morgan fingerprint density at radius 1 is 1.20 bits per heavy atom. The van der Waals surface area contributed by atoms with E-state index in [9.17, 15) is 9.59 Å². The van der Waals surface area contributed by atoms with Crippen molar-refractivity contribution in [3.63, 3.8) is 0 Å². The average molecular weight is 358 g/mol. The van der Waals surface area contributed by atoms with Crippen LogP contribution in [0.25, 0.3) is 11.2 Å². The molecule has 0 aliphatic rings. The largest absolute Gasteiger partial charge is 0.352 e. The summed E-state index contributed by atoms with van der Waals surface area (Å²) in [5.74, 6) is -0.586. The Bertz CT molecular complexity index is 967. The molecule has 2 aromatic heterocycles. The molecule has 0 aliphatic carbocycles. The van der Waals surface area contributed by atoms with E-state index in [1.807, 2.05) is 14.0 Å². The summed E-state index contributed by atoms with van der Waals surface area (Å²) >= 11 is 6.13. The van der Waals surface area contributed by atoms with Crippen LogP contribution in [0.3, 0.4) is 0 Å². The molecule has 0 unspecified atom stereocenters. The summed E-state index contributed by atoms with van der Waals surface area (Å²) < 4.78 is 1.77. The summed E-state index contributed by atoms with van der Waals surface area (Å²) in [6, 6.07) is 6.41. The molecule has 0 aliphatic heterocycles. The minimum atomic E-state index is -0.332. The molecular formula is C17H16ClN5O2. The minimum Gasteiger partial charge on any atom is -0.352 e. The molecule has 2 heterocycles. The molecule has 8 heteroatoms. The lowest BCUT2D eigenvalue weighted by Gasteiger charge is -2.09. The number of halogens is 1. The average Bonchev–Trinajstić information content (AvgIpc) is 2.95. The third kappa shape index (κ3) is 3.46. The van der Waals surface area contributed by atoms with Crippen LogP contribution >= 0.6 is 11.6 Å². The van der Waals surface area contributed by atoms with Crippen LogP contribution in [-0.2, 0) is 7.05 Å². The number of rotatable bonds is 4. The number of hydrogen-bond acceptors (Lipinski definition) is 4. The fraction of sp³-hybridized carbons (Fsp3) is 0.176. The summed E-state index contributed by atoms with van der Waals surface area (Å²) in [7, 11) is 1.83. The van der Waals surface area contributed by atoms with Gasteiger partial charge < -0.3 is 15.2 Å². The number of pyridine rings is 1. The number of imidazole rings is 1. The summed E-state index contributed by atoms with van der Waals surface area (Å²) in [6.07, 6.45) is 3.13. The standard InChI is InChI=1S/C17H16ClN5O2/c1-3-19-17(25)12-5-4-11(7-13(12)18)22-16(24)10-6-14-15(20-8-10)23(2)9-21-14/h4-9H,3H2,1-2H3,(H,19,25)(H,22,24). The summed E-state index contributed by atoms with van der Waals surface area (Å²) in [5, 5.41) is 5.68. The van der Waals surface area contributed by atoms with Gasteiger partial charge in [-0.15, -0.1) is 0 Å². The van der Waals surface area contributed by atoms with Gasteiger partial charge in [-0.3, -0.25) is 9.59 Å². The molecule has 3 rings (SSSR count). The van der Waals surface area contributed by atoms with Crippen LogP contribution in [0.5, 0.6) is 0 Å². The van der Waals surface area contributed by atoms with Crippen molar-refractivity contribution in [3.05, 3.63) is 52.9 Å². The number of benzene rings is 1. The highest BCUT2D eigenvalue weighted by Gasteiger charge is 2.13. The first-order valence-corrected chi connectivity index (χ1v) is 8.03. The minimum absolute atomic E-state index is 0.254. The zero-order chi connectivity index (χ0) is 18.0. The van der Waals surface area contributed by atoms with Crippen LogP contribution in [-0.4, -0.2) is 32.9 Å². The Labute approximate surface area is 149 Å². The highest BCUT2D eigenvalue weighted by Crippen LogP contribution is 2.22. The Morgan fingerprint density at radius 2 is 2.00 bits per heavy atom. The molecule has 7 nitrogen and oxygen atoms in total. The molecule has 0 saturated carbocycles. The van der Waals surface area contributed by atoms with Gasteiger partial charge in [0.25, 0.3) is 11.8 Å². The summed E-state index contributed by atoms with van der Waals surface area (Å²) in [5.41, 5.74) is 2.57. The molecule has 25 heavy (non-hydrogen) atoms. The smallest absolute Gasteiger partial charge is 0.257 e. The van der Waals surface area contributed by atoms with Gasteiger partial charge in [0, 0.05) is 25.5 Å². The molecule has 0 saturated heterocycles. The fourth-order valence-electron chi connectivity index (χ4n) is 2.38. The summed E-state index contributed by atoms with van der Waals surface area (Å²) in [6.45, 7) is 2.34. The van der Waals surface area contributed by atoms with Gasteiger partial charge in [0.15, 0.2) is 5.65 Å². The van der Waals surface area contributed by atoms with E-state index in [-0.39, 0.29) is 16.8 Å². The molecule has 2 N–H and O–H groups in total. The predicted molar refractivity (Wildman–Crippen MR) is 95.9 cm³/mol. The topological polar surface area (TPSA) is 88.9 Å². The van der Waals surface area contributed by atoms with Gasteiger partial charge >= 0.3 is 0 Å². The SMILES string of the molecule is CCNC(=O)c1ccc(NC(=O)c2cnc3c(c2)ncn3C)cc1Cl. The molecule has 1 aromatic carbocycles. The van der Waals surface area contributed by atoms with Crippen LogP contribution in [0.15, 0.2) is 36.8 Å². The third-order valence-electron chi connectivity index (χ3n) is 3.62. The number of amides is 2. The van der Waals surface area contributed by atoms with Crippen molar-refractivity contribution in [3.8, 4) is 0 Å². The normalized spacial score (nSPS) is 10.7.